The second kappa shape index (κ2) is 6.39. The fourth-order valence-corrected chi connectivity index (χ4v) is 6.28. The van der Waals surface area contributed by atoms with Crippen LogP contribution in [0, 0.1) is 13.8 Å². The monoisotopic (exact) mass is 248 g/mol. The molecule has 0 saturated carbocycles. The topological polar surface area (TPSA) is 0 Å². The van der Waals surface area contributed by atoms with Gasteiger partial charge in [0.2, 0.25) is 0 Å². The second-order valence-electron chi connectivity index (χ2n) is 5.56. The van der Waals surface area contributed by atoms with Gasteiger partial charge in [0.25, 0.3) is 0 Å². The molecule has 0 fully saturated rings. The zero-order chi connectivity index (χ0) is 12.9. The lowest BCUT2D eigenvalue weighted by Crippen LogP contribution is -2.31. The predicted molar refractivity (Wildman–Crippen MR) is 81.6 cm³/mol. The van der Waals surface area contributed by atoms with E-state index in [4.69, 9.17) is 0 Å². The van der Waals surface area contributed by atoms with Crippen LogP contribution in [0.2, 0.25) is 24.2 Å². The third kappa shape index (κ3) is 3.99. The fraction of sp³-hybridized carbons (Fsp3) is 0.625. The third-order valence-electron chi connectivity index (χ3n) is 4.48. The van der Waals surface area contributed by atoms with E-state index in [2.05, 4.69) is 52.8 Å². The van der Waals surface area contributed by atoms with E-state index in [-0.39, 0.29) is 0 Å². The minimum atomic E-state index is -0.935. The third-order valence-corrected chi connectivity index (χ3v) is 10.3. The number of hydrogen-bond acceptors (Lipinski definition) is 0. The molecule has 0 heterocycles. The van der Waals surface area contributed by atoms with E-state index >= 15 is 0 Å². The van der Waals surface area contributed by atoms with Crippen molar-refractivity contribution in [2.45, 2.75) is 65.2 Å². The molecular weight excluding hydrogens is 220 g/mol. The summed E-state index contributed by atoms with van der Waals surface area (Å²) in [7, 11) is -0.935. The highest BCUT2D eigenvalue weighted by molar-refractivity contribution is 6.79. The van der Waals surface area contributed by atoms with Crippen molar-refractivity contribution in [3.8, 4) is 0 Å². The summed E-state index contributed by atoms with van der Waals surface area (Å²) < 4.78 is 0. The molecule has 0 nitrogen and oxygen atoms in total. The minimum absolute atomic E-state index is 0.935. The molecule has 0 aromatic heterocycles. The molecule has 1 aromatic carbocycles. The maximum Gasteiger partial charge on any atom is 0.0530 e. The summed E-state index contributed by atoms with van der Waals surface area (Å²) in [5.74, 6) is 0. The van der Waals surface area contributed by atoms with Gasteiger partial charge >= 0.3 is 0 Å². The van der Waals surface area contributed by atoms with Crippen LogP contribution in [-0.2, 0) is 6.42 Å². The maximum atomic E-state index is 2.40. The highest BCUT2D eigenvalue weighted by Gasteiger charge is 2.25. The minimum Gasteiger partial charge on any atom is -0.0678 e. The van der Waals surface area contributed by atoms with Crippen LogP contribution in [0.5, 0.6) is 0 Å². The Balaban J connectivity index is 2.71. The van der Waals surface area contributed by atoms with Crippen molar-refractivity contribution in [1.29, 1.82) is 0 Å². The van der Waals surface area contributed by atoms with Crippen molar-refractivity contribution in [3.05, 3.63) is 34.9 Å². The number of rotatable bonds is 6. The predicted octanol–water partition coefficient (Wildman–Crippen LogP) is 5.35. The zero-order valence-corrected chi connectivity index (χ0v) is 13.3. The molecule has 0 aliphatic heterocycles. The summed E-state index contributed by atoms with van der Waals surface area (Å²) in [4.78, 5) is 0. The Hall–Kier alpha value is -0.563. The molecule has 0 aliphatic rings. The summed E-state index contributed by atoms with van der Waals surface area (Å²) in [6, 6.07) is 12.8. The van der Waals surface area contributed by atoms with E-state index in [1.54, 1.807) is 5.56 Å². The van der Waals surface area contributed by atoms with Gasteiger partial charge in [-0.15, -0.1) is 0 Å². The van der Waals surface area contributed by atoms with Crippen molar-refractivity contribution in [2.24, 2.45) is 0 Å². The number of hydrogen-bond donors (Lipinski definition) is 0. The normalized spacial score (nSPS) is 11.8. The first-order valence-electron chi connectivity index (χ1n) is 7.12. The van der Waals surface area contributed by atoms with Crippen molar-refractivity contribution in [3.63, 3.8) is 0 Å². The Morgan fingerprint density at radius 1 is 0.824 bits per heavy atom. The van der Waals surface area contributed by atoms with E-state index in [0.717, 1.165) is 0 Å². The van der Waals surface area contributed by atoms with Crippen molar-refractivity contribution in [1.82, 2.24) is 0 Å². The first-order valence-corrected chi connectivity index (χ1v) is 9.95. The van der Waals surface area contributed by atoms with Crippen LogP contribution in [-0.4, -0.2) is 8.07 Å². The lowest BCUT2D eigenvalue weighted by atomic mass is 10.1. The summed E-state index contributed by atoms with van der Waals surface area (Å²) in [6.45, 7) is 11.6. The van der Waals surface area contributed by atoms with Gasteiger partial charge < -0.3 is 0 Å². The lowest BCUT2D eigenvalue weighted by Gasteiger charge is -2.28. The Kier molecular flexibility index (Phi) is 5.45. The van der Waals surface area contributed by atoms with Gasteiger partial charge in [-0.2, -0.15) is 0 Å². The van der Waals surface area contributed by atoms with Crippen LogP contribution in [0.4, 0.5) is 0 Å². The molecule has 0 aliphatic carbocycles. The number of benzene rings is 1. The van der Waals surface area contributed by atoms with Crippen LogP contribution in [0.3, 0.4) is 0 Å². The standard InChI is InChI=1S/C16H28Si/c1-6-17(7-2,8-3)10-9-16-12-14(4)11-15(5)13-16/h11-13H,6-10H2,1-5H3. The molecule has 1 aromatic rings. The highest BCUT2D eigenvalue weighted by atomic mass is 28.3. The molecule has 1 rings (SSSR count). The summed E-state index contributed by atoms with van der Waals surface area (Å²) in [6.07, 6.45) is 1.30. The average Bonchev–Trinajstić information content (AvgIpc) is 2.30. The molecule has 0 unspecified atom stereocenters. The smallest absolute Gasteiger partial charge is 0.0530 e. The SMILES string of the molecule is CC[Si](CC)(CC)CCc1cc(C)cc(C)c1. The maximum absolute atomic E-state index is 2.40. The van der Waals surface area contributed by atoms with Gasteiger partial charge in [-0.3, -0.25) is 0 Å². The van der Waals surface area contributed by atoms with Crippen LogP contribution >= 0.6 is 0 Å². The van der Waals surface area contributed by atoms with Gasteiger partial charge in [0, 0.05) is 0 Å². The largest absolute Gasteiger partial charge is 0.0678 e. The van der Waals surface area contributed by atoms with Gasteiger partial charge in [0.1, 0.15) is 0 Å². The Morgan fingerprint density at radius 2 is 1.29 bits per heavy atom. The van der Waals surface area contributed by atoms with Crippen LogP contribution in [0.1, 0.15) is 37.5 Å². The van der Waals surface area contributed by atoms with Crippen LogP contribution in [0.15, 0.2) is 18.2 Å². The molecule has 0 saturated heterocycles. The van der Waals surface area contributed by atoms with Gasteiger partial charge in [-0.25, -0.2) is 0 Å². The number of aryl methyl sites for hydroxylation is 3. The molecule has 0 bridgehead atoms. The fourth-order valence-electron chi connectivity index (χ4n) is 2.90. The lowest BCUT2D eigenvalue weighted by molar-refractivity contribution is 1.02. The molecule has 96 valence electrons. The van der Waals surface area contributed by atoms with E-state index < -0.39 is 8.07 Å². The molecule has 17 heavy (non-hydrogen) atoms. The molecule has 1 heteroatoms. The van der Waals surface area contributed by atoms with Crippen molar-refractivity contribution < 1.29 is 0 Å². The molecule has 0 radical (unpaired) electrons. The Labute approximate surface area is 108 Å². The second-order valence-corrected chi connectivity index (χ2v) is 11.2. The van der Waals surface area contributed by atoms with E-state index in [1.807, 2.05) is 0 Å². The van der Waals surface area contributed by atoms with E-state index in [1.165, 1.54) is 41.7 Å². The molecule has 0 atom stereocenters. The van der Waals surface area contributed by atoms with Gasteiger partial charge in [-0.05, 0) is 25.8 Å². The van der Waals surface area contributed by atoms with Gasteiger partial charge in [0.05, 0.1) is 8.07 Å². The summed E-state index contributed by atoms with van der Waals surface area (Å²) >= 11 is 0. The van der Waals surface area contributed by atoms with Gasteiger partial charge in [0.15, 0.2) is 0 Å². The highest BCUT2D eigenvalue weighted by Crippen LogP contribution is 2.27. The van der Waals surface area contributed by atoms with Crippen LogP contribution in [0.25, 0.3) is 0 Å². The summed E-state index contributed by atoms with van der Waals surface area (Å²) in [5, 5.41) is 0. The average molecular weight is 248 g/mol. The zero-order valence-electron chi connectivity index (χ0n) is 12.3. The quantitative estimate of drug-likeness (QED) is 0.595. The molecule has 0 amide bonds. The molecule has 0 N–H and O–H groups in total. The molecular formula is C16H28Si. The first kappa shape index (κ1) is 14.5. The first-order chi connectivity index (χ1) is 8.05. The Morgan fingerprint density at radius 3 is 1.71 bits per heavy atom. The summed E-state index contributed by atoms with van der Waals surface area (Å²) in [5.41, 5.74) is 4.38. The van der Waals surface area contributed by atoms with E-state index in [0.29, 0.717) is 0 Å². The van der Waals surface area contributed by atoms with Crippen molar-refractivity contribution in [2.75, 3.05) is 0 Å². The Bertz CT molecular complexity index is 322. The van der Waals surface area contributed by atoms with E-state index in [9.17, 15) is 0 Å². The van der Waals surface area contributed by atoms with Crippen LogP contribution < -0.4 is 0 Å². The molecule has 0 spiro atoms. The van der Waals surface area contributed by atoms with Crippen molar-refractivity contribution >= 4 is 8.07 Å². The van der Waals surface area contributed by atoms with Gasteiger partial charge in [-0.1, -0.05) is 74.3 Å².